The molecule has 1 saturated heterocycles. The lowest BCUT2D eigenvalue weighted by atomic mass is 9.92. The predicted molar refractivity (Wildman–Crippen MR) is 119 cm³/mol. The van der Waals surface area contributed by atoms with Crippen LogP contribution in [0.2, 0.25) is 0 Å². The van der Waals surface area contributed by atoms with E-state index >= 15 is 0 Å². The Morgan fingerprint density at radius 3 is 2.81 bits per heavy atom. The molecule has 1 fully saturated rings. The molecule has 31 heavy (non-hydrogen) atoms. The minimum absolute atomic E-state index is 0.0273. The maximum absolute atomic E-state index is 13.6. The molecule has 1 aliphatic heterocycles. The monoisotopic (exact) mass is 420 g/mol. The first kappa shape index (κ1) is 21.2. The number of hydrogen-bond acceptors (Lipinski definition) is 3. The number of carbonyl (C=O) groups excluding carboxylic acids is 1. The molecule has 0 unspecified atom stereocenters. The van der Waals surface area contributed by atoms with Gasteiger partial charge < -0.3 is 4.90 Å². The van der Waals surface area contributed by atoms with E-state index in [1.54, 1.807) is 12.1 Å². The number of likely N-dealkylation sites (tertiary alicyclic amines) is 1. The van der Waals surface area contributed by atoms with Crippen LogP contribution in [0.3, 0.4) is 0 Å². The van der Waals surface area contributed by atoms with Crippen LogP contribution >= 0.6 is 0 Å². The number of benzene rings is 1. The van der Waals surface area contributed by atoms with E-state index < -0.39 is 0 Å². The normalized spacial score (nSPS) is 16.7. The van der Waals surface area contributed by atoms with E-state index in [0.717, 1.165) is 47.6 Å². The number of carbonyl (C=O) groups is 1. The van der Waals surface area contributed by atoms with Crippen molar-refractivity contribution in [3.05, 3.63) is 82.2 Å². The highest BCUT2D eigenvalue weighted by molar-refractivity contribution is 5.92. The molecule has 1 aliphatic rings. The minimum Gasteiger partial charge on any atom is -0.337 e. The Balaban J connectivity index is 1.51. The standard InChI is InChI=1S/C25H29FN4O/c1-16(2)22-14-24(29-28-22)25(31)30-9-5-7-20(15-30)23-13-19(10-17(3)27-23)11-18-6-4-8-21(26)12-18/h4,6,8,10,12-14,16,20H,5,7,9,11,15H2,1-3H3,(H,28,29)/t20-/m1/s1. The van der Waals surface area contributed by atoms with Crippen molar-refractivity contribution < 1.29 is 9.18 Å². The lowest BCUT2D eigenvalue weighted by Gasteiger charge is -2.32. The molecule has 2 aromatic heterocycles. The van der Waals surface area contributed by atoms with E-state index in [-0.39, 0.29) is 17.6 Å². The number of rotatable bonds is 5. The predicted octanol–water partition coefficient (Wildman–Crippen LogP) is 4.99. The van der Waals surface area contributed by atoms with Gasteiger partial charge in [-0.05, 0) is 73.6 Å². The number of aryl methyl sites for hydroxylation is 1. The van der Waals surface area contributed by atoms with Gasteiger partial charge in [0.15, 0.2) is 0 Å². The minimum atomic E-state index is -0.219. The second-order valence-electron chi connectivity index (χ2n) is 8.80. The second-order valence-corrected chi connectivity index (χ2v) is 8.80. The Hall–Kier alpha value is -3.02. The first-order valence-corrected chi connectivity index (χ1v) is 11.0. The molecule has 6 heteroatoms. The largest absolute Gasteiger partial charge is 0.337 e. The molecule has 1 atom stereocenters. The second kappa shape index (κ2) is 9.00. The zero-order valence-electron chi connectivity index (χ0n) is 18.4. The van der Waals surface area contributed by atoms with Crippen molar-refractivity contribution in [1.82, 2.24) is 20.1 Å². The van der Waals surface area contributed by atoms with Crippen LogP contribution in [0.1, 0.15) is 77.2 Å². The molecular weight excluding hydrogens is 391 g/mol. The lowest BCUT2D eigenvalue weighted by molar-refractivity contribution is 0.0700. The molecule has 1 aromatic carbocycles. The molecule has 162 valence electrons. The van der Waals surface area contributed by atoms with Gasteiger partial charge in [-0.1, -0.05) is 26.0 Å². The van der Waals surface area contributed by atoms with Crippen molar-refractivity contribution in [3.63, 3.8) is 0 Å². The van der Waals surface area contributed by atoms with Gasteiger partial charge >= 0.3 is 0 Å². The zero-order valence-corrected chi connectivity index (χ0v) is 18.4. The maximum Gasteiger partial charge on any atom is 0.274 e. The van der Waals surface area contributed by atoms with E-state index in [2.05, 4.69) is 36.2 Å². The average Bonchev–Trinajstić information content (AvgIpc) is 3.23. The number of nitrogens with one attached hydrogen (secondary N) is 1. The molecule has 1 amide bonds. The molecule has 0 bridgehead atoms. The van der Waals surface area contributed by atoms with Crippen molar-refractivity contribution in [2.45, 2.75) is 51.9 Å². The van der Waals surface area contributed by atoms with E-state index in [4.69, 9.17) is 4.98 Å². The van der Waals surface area contributed by atoms with E-state index in [9.17, 15) is 9.18 Å². The van der Waals surface area contributed by atoms with Crippen molar-refractivity contribution in [2.75, 3.05) is 13.1 Å². The Kier molecular flexibility index (Phi) is 6.16. The van der Waals surface area contributed by atoms with Crippen LogP contribution in [0.25, 0.3) is 0 Å². The SMILES string of the molecule is Cc1cc(Cc2cccc(F)c2)cc([C@@H]2CCCN(C(=O)c3cc(C(C)C)[nH]n3)C2)n1. The van der Waals surface area contributed by atoms with Crippen molar-refractivity contribution >= 4 is 5.91 Å². The highest BCUT2D eigenvalue weighted by Gasteiger charge is 2.28. The van der Waals surface area contributed by atoms with Gasteiger partial charge in [0.25, 0.3) is 5.91 Å². The first-order valence-electron chi connectivity index (χ1n) is 11.0. The first-order chi connectivity index (χ1) is 14.9. The molecular formula is C25H29FN4O. The summed E-state index contributed by atoms with van der Waals surface area (Å²) in [4.78, 5) is 19.7. The van der Waals surface area contributed by atoms with Crippen LogP contribution in [-0.4, -0.2) is 39.1 Å². The highest BCUT2D eigenvalue weighted by atomic mass is 19.1. The van der Waals surface area contributed by atoms with Crippen LogP contribution in [0.5, 0.6) is 0 Å². The van der Waals surface area contributed by atoms with Gasteiger partial charge in [0.2, 0.25) is 0 Å². The zero-order chi connectivity index (χ0) is 22.0. The fraction of sp³-hybridized carbons (Fsp3) is 0.400. The summed E-state index contributed by atoms with van der Waals surface area (Å²) in [6.07, 6.45) is 2.60. The molecule has 0 radical (unpaired) electrons. The molecule has 0 saturated carbocycles. The fourth-order valence-electron chi connectivity index (χ4n) is 4.27. The Labute approximate surface area is 182 Å². The van der Waals surface area contributed by atoms with Gasteiger partial charge in [0.05, 0.1) is 0 Å². The summed E-state index contributed by atoms with van der Waals surface area (Å²) in [5.41, 5.74) is 5.46. The number of nitrogens with zero attached hydrogens (tertiary/aromatic N) is 3. The summed E-state index contributed by atoms with van der Waals surface area (Å²) >= 11 is 0. The molecule has 3 aromatic rings. The van der Waals surface area contributed by atoms with Gasteiger partial charge in [-0.25, -0.2) is 4.39 Å². The summed E-state index contributed by atoms with van der Waals surface area (Å²) in [5.74, 6) is 0.243. The van der Waals surface area contributed by atoms with Gasteiger partial charge in [-0.3, -0.25) is 14.9 Å². The van der Waals surface area contributed by atoms with E-state index in [1.807, 2.05) is 24.0 Å². The van der Waals surface area contributed by atoms with Gasteiger partial charge in [0, 0.05) is 36.1 Å². The Morgan fingerprint density at radius 2 is 2.06 bits per heavy atom. The number of aromatic amines is 1. The van der Waals surface area contributed by atoms with Crippen molar-refractivity contribution in [2.24, 2.45) is 0 Å². The summed E-state index contributed by atoms with van der Waals surface area (Å²) < 4.78 is 13.6. The van der Waals surface area contributed by atoms with Crippen LogP contribution in [0, 0.1) is 12.7 Å². The number of hydrogen-bond donors (Lipinski definition) is 1. The summed E-state index contributed by atoms with van der Waals surface area (Å²) in [7, 11) is 0. The number of piperidine rings is 1. The maximum atomic E-state index is 13.6. The molecule has 0 aliphatic carbocycles. The Bertz CT molecular complexity index is 1070. The Morgan fingerprint density at radius 1 is 1.23 bits per heavy atom. The molecule has 0 spiro atoms. The van der Waals surface area contributed by atoms with Crippen LogP contribution in [-0.2, 0) is 6.42 Å². The number of aromatic nitrogens is 3. The smallest absolute Gasteiger partial charge is 0.274 e. The number of amides is 1. The van der Waals surface area contributed by atoms with Gasteiger partial charge in [0.1, 0.15) is 11.5 Å². The van der Waals surface area contributed by atoms with E-state index in [0.29, 0.717) is 24.6 Å². The van der Waals surface area contributed by atoms with Crippen LogP contribution < -0.4 is 0 Å². The van der Waals surface area contributed by atoms with Crippen molar-refractivity contribution in [3.8, 4) is 0 Å². The van der Waals surface area contributed by atoms with Crippen LogP contribution in [0.15, 0.2) is 42.5 Å². The average molecular weight is 421 g/mol. The number of halogens is 1. The fourth-order valence-corrected chi connectivity index (χ4v) is 4.27. The summed E-state index contributed by atoms with van der Waals surface area (Å²) in [6, 6.07) is 12.7. The van der Waals surface area contributed by atoms with Gasteiger partial charge in [-0.15, -0.1) is 0 Å². The van der Waals surface area contributed by atoms with E-state index in [1.165, 1.54) is 6.07 Å². The lowest BCUT2D eigenvalue weighted by Crippen LogP contribution is -2.39. The molecule has 3 heterocycles. The van der Waals surface area contributed by atoms with Crippen LogP contribution in [0.4, 0.5) is 4.39 Å². The third-order valence-electron chi connectivity index (χ3n) is 5.90. The molecule has 1 N–H and O–H groups in total. The molecule has 5 nitrogen and oxygen atoms in total. The topological polar surface area (TPSA) is 61.9 Å². The quantitative estimate of drug-likeness (QED) is 0.633. The summed E-state index contributed by atoms with van der Waals surface area (Å²) in [6.45, 7) is 7.51. The molecule has 4 rings (SSSR count). The summed E-state index contributed by atoms with van der Waals surface area (Å²) in [5, 5.41) is 7.20. The third-order valence-corrected chi connectivity index (χ3v) is 5.90. The highest BCUT2D eigenvalue weighted by Crippen LogP contribution is 2.28. The van der Waals surface area contributed by atoms with Crippen molar-refractivity contribution in [1.29, 1.82) is 0 Å². The third kappa shape index (κ3) is 5.01. The van der Waals surface area contributed by atoms with Gasteiger partial charge in [-0.2, -0.15) is 5.10 Å². The number of pyridine rings is 1. The number of H-pyrrole nitrogens is 1.